The van der Waals surface area contributed by atoms with Gasteiger partial charge in [0.2, 0.25) is 0 Å². The Morgan fingerprint density at radius 1 is 1.26 bits per heavy atom. The molecular weight excluding hydrogens is 302 g/mol. The fourth-order valence-corrected chi connectivity index (χ4v) is 1.91. The van der Waals surface area contributed by atoms with Crippen molar-refractivity contribution in [2.45, 2.75) is 19.4 Å². The van der Waals surface area contributed by atoms with E-state index in [1.165, 1.54) is 6.20 Å². The number of hydrogen-bond donors (Lipinski definition) is 2. The molecule has 0 saturated carbocycles. The number of esters is 1. The highest BCUT2D eigenvalue weighted by Gasteiger charge is 2.21. The van der Waals surface area contributed by atoms with Gasteiger partial charge in [0, 0.05) is 19.5 Å². The molecule has 0 aliphatic carbocycles. The summed E-state index contributed by atoms with van der Waals surface area (Å²) in [6.07, 6.45) is 1.44. The molecular formula is C15H15N3O5. The van der Waals surface area contributed by atoms with Gasteiger partial charge in [-0.1, -0.05) is 12.1 Å². The van der Waals surface area contributed by atoms with Crippen LogP contribution in [0.4, 0.5) is 0 Å². The lowest BCUT2D eigenvalue weighted by Crippen LogP contribution is -2.44. The fourth-order valence-electron chi connectivity index (χ4n) is 1.91. The summed E-state index contributed by atoms with van der Waals surface area (Å²) in [5, 5.41) is 11.5. The molecule has 0 saturated heterocycles. The number of amides is 1. The number of nitrogens with zero attached hydrogens (tertiary/aromatic N) is 2. The summed E-state index contributed by atoms with van der Waals surface area (Å²) in [7, 11) is 0. The van der Waals surface area contributed by atoms with E-state index in [1.807, 2.05) is 6.07 Å². The van der Waals surface area contributed by atoms with E-state index in [1.54, 1.807) is 18.2 Å². The summed E-state index contributed by atoms with van der Waals surface area (Å²) in [4.78, 5) is 42.0. The van der Waals surface area contributed by atoms with Gasteiger partial charge in [-0.25, -0.2) is 9.78 Å². The zero-order valence-electron chi connectivity index (χ0n) is 12.4. The van der Waals surface area contributed by atoms with E-state index >= 15 is 0 Å². The number of rotatable bonds is 6. The molecule has 120 valence electrons. The molecule has 8 nitrogen and oxygen atoms in total. The molecule has 8 heteroatoms. The predicted octanol–water partition coefficient (Wildman–Crippen LogP) is 0.305. The highest BCUT2D eigenvalue weighted by Crippen LogP contribution is 2.09. The molecule has 0 bridgehead atoms. The SMILES string of the molecule is CC(=O)OCC(=O)N[C@@H](Cc1cnc2ccccc2n1)C(=O)O. The summed E-state index contributed by atoms with van der Waals surface area (Å²) in [5.74, 6) is -2.52. The van der Waals surface area contributed by atoms with Crippen LogP contribution in [0.1, 0.15) is 12.6 Å². The largest absolute Gasteiger partial charge is 0.480 e. The van der Waals surface area contributed by atoms with E-state index < -0.39 is 30.5 Å². The standard InChI is InChI=1S/C15H15N3O5/c1-9(19)23-8-14(20)18-13(15(21)22)6-10-7-16-11-4-2-3-5-12(11)17-10/h2-5,7,13H,6,8H2,1H3,(H,18,20)(H,21,22)/t13-/m0/s1. The highest BCUT2D eigenvalue weighted by molar-refractivity contribution is 5.85. The Morgan fingerprint density at radius 3 is 2.61 bits per heavy atom. The molecule has 1 amide bonds. The Morgan fingerprint density at radius 2 is 1.96 bits per heavy atom. The van der Waals surface area contributed by atoms with Gasteiger partial charge < -0.3 is 15.2 Å². The van der Waals surface area contributed by atoms with Crippen LogP contribution in [0, 0.1) is 0 Å². The van der Waals surface area contributed by atoms with Crippen molar-refractivity contribution in [3.05, 3.63) is 36.2 Å². The lowest BCUT2D eigenvalue weighted by molar-refractivity contribution is -0.148. The summed E-state index contributed by atoms with van der Waals surface area (Å²) in [5.41, 5.74) is 1.77. The Balaban J connectivity index is 2.07. The summed E-state index contributed by atoms with van der Waals surface area (Å²) < 4.78 is 4.52. The van der Waals surface area contributed by atoms with Crippen LogP contribution < -0.4 is 5.32 Å². The van der Waals surface area contributed by atoms with Gasteiger partial charge >= 0.3 is 11.9 Å². The number of carboxylic acid groups (broad SMARTS) is 1. The van der Waals surface area contributed by atoms with Gasteiger partial charge in [-0.05, 0) is 12.1 Å². The minimum Gasteiger partial charge on any atom is -0.480 e. The van der Waals surface area contributed by atoms with Crippen molar-refractivity contribution in [2.75, 3.05) is 6.61 Å². The van der Waals surface area contributed by atoms with E-state index in [0.717, 1.165) is 6.92 Å². The van der Waals surface area contributed by atoms with Crippen LogP contribution >= 0.6 is 0 Å². The van der Waals surface area contributed by atoms with Gasteiger partial charge in [0.05, 0.1) is 16.7 Å². The van der Waals surface area contributed by atoms with E-state index in [2.05, 4.69) is 20.0 Å². The third-order valence-electron chi connectivity index (χ3n) is 2.95. The number of ether oxygens (including phenoxy) is 1. The number of benzene rings is 1. The van der Waals surface area contributed by atoms with Gasteiger partial charge in [0.1, 0.15) is 6.04 Å². The van der Waals surface area contributed by atoms with Crippen molar-refractivity contribution in [3.8, 4) is 0 Å². The molecule has 0 spiro atoms. The molecule has 1 atom stereocenters. The van der Waals surface area contributed by atoms with Crippen molar-refractivity contribution >= 4 is 28.9 Å². The summed E-state index contributed by atoms with van der Waals surface area (Å²) in [6.45, 7) is 0.634. The molecule has 2 rings (SSSR count). The van der Waals surface area contributed by atoms with Crippen LogP contribution in [0.2, 0.25) is 0 Å². The quantitative estimate of drug-likeness (QED) is 0.736. The van der Waals surface area contributed by atoms with Crippen molar-refractivity contribution < 1.29 is 24.2 Å². The fraction of sp³-hybridized carbons (Fsp3) is 0.267. The van der Waals surface area contributed by atoms with Crippen molar-refractivity contribution in [1.82, 2.24) is 15.3 Å². The van der Waals surface area contributed by atoms with Crippen LogP contribution in [-0.4, -0.2) is 45.6 Å². The molecule has 1 aromatic carbocycles. The van der Waals surface area contributed by atoms with E-state index in [-0.39, 0.29) is 6.42 Å². The van der Waals surface area contributed by atoms with Crippen LogP contribution in [0.3, 0.4) is 0 Å². The number of nitrogens with one attached hydrogen (secondary N) is 1. The maximum absolute atomic E-state index is 11.6. The van der Waals surface area contributed by atoms with Crippen molar-refractivity contribution in [2.24, 2.45) is 0 Å². The number of aromatic nitrogens is 2. The lowest BCUT2D eigenvalue weighted by atomic mass is 10.1. The first-order valence-corrected chi connectivity index (χ1v) is 6.82. The Kier molecular flexibility index (Phi) is 5.19. The van der Waals surface area contributed by atoms with E-state index in [9.17, 15) is 19.5 Å². The molecule has 1 heterocycles. The second kappa shape index (κ2) is 7.30. The van der Waals surface area contributed by atoms with Crippen molar-refractivity contribution in [3.63, 3.8) is 0 Å². The second-order valence-electron chi connectivity index (χ2n) is 4.79. The third-order valence-corrected chi connectivity index (χ3v) is 2.95. The smallest absolute Gasteiger partial charge is 0.326 e. The number of para-hydroxylation sites is 2. The first kappa shape index (κ1) is 16.3. The number of carbonyl (C=O) groups is 3. The Hall–Kier alpha value is -3.03. The number of aliphatic carboxylic acids is 1. The van der Waals surface area contributed by atoms with Crippen molar-refractivity contribution in [1.29, 1.82) is 0 Å². The van der Waals surface area contributed by atoms with E-state index in [0.29, 0.717) is 16.7 Å². The van der Waals surface area contributed by atoms with Gasteiger partial charge in [-0.2, -0.15) is 0 Å². The van der Waals surface area contributed by atoms with Gasteiger partial charge in [-0.3, -0.25) is 14.6 Å². The highest BCUT2D eigenvalue weighted by atomic mass is 16.5. The normalized spacial score (nSPS) is 11.7. The lowest BCUT2D eigenvalue weighted by Gasteiger charge is -2.14. The average Bonchev–Trinajstić information content (AvgIpc) is 2.52. The Labute approximate surface area is 131 Å². The van der Waals surface area contributed by atoms with Crippen LogP contribution in [0.5, 0.6) is 0 Å². The average molecular weight is 317 g/mol. The first-order valence-electron chi connectivity index (χ1n) is 6.82. The summed E-state index contributed by atoms with van der Waals surface area (Å²) >= 11 is 0. The molecule has 23 heavy (non-hydrogen) atoms. The maximum Gasteiger partial charge on any atom is 0.326 e. The molecule has 0 unspecified atom stereocenters. The molecule has 0 aliphatic heterocycles. The van der Waals surface area contributed by atoms with Crippen LogP contribution in [0.15, 0.2) is 30.5 Å². The van der Waals surface area contributed by atoms with E-state index in [4.69, 9.17) is 0 Å². The molecule has 0 radical (unpaired) electrons. The van der Waals surface area contributed by atoms with Gasteiger partial charge in [0.25, 0.3) is 5.91 Å². The van der Waals surface area contributed by atoms with Crippen LogP contribution in [0.25, 0.3) is 11.0 Å². The van der Waals surface area contributed by atoms with Gasteiger partial charge in [0.15, 0.2) is 6.61 Å². The maximum atomic E-state index is 11.6. The monoisotopic (exact) mass is 317 g/mol. The first-order chi connectivity index (χ1) is 11.0. The second-order valence-corrected chi connectivity index (χ2v) is 4.79. The zero-order chi connectivity index (χ0) is 16.8. The number of carboxylic acids is 1. The molecule has 0 fully saturated rings. The minimum absolute atomic E-state index is 0.0288. The van der Waals surface area contributed by atoms with Gasteiger partial charge in [-0.15, -0.1) is 0 Å². The predicted molar refractivity (Wildman–Crippen MR) is 79.4 cm³/mol. The van der Waals surface area contributed by atoms with Crippen LogP contribution in [-0.2, 0) is 25.5 Å². The Bertz CT molecular complexity index is 747. The third kappa shape index (κ3) is 4.73. The number of hydrogen-bond acceptors (Lipinski definition) is 6. The minimum atomic E-state index is -1.21. The molecule has 2 N–H and O–H groups in total. The molecule has 0 aliphatic rings. The molecule has 1 aromatic heterocycles. The zero-order valence-corrected chi connectivity index (χ0v) is 12.4. The number of fused-ring (bicyclic) bond motifs is 1. The topological polar surface area (TPSA) is 118 Å². The number of carbonyl (C=O) groups excluding carboxylic acids is 2. The summed E-state index contributed by atoms with van der Waals surface area (Å²) in [6, 6.07) is 6.00. The molecule has 2 aromatic rings.